The average molecular weight is 609 g/mol. The molecule has 1 saturated carbocycles. The van der Waals surface area contributed by atoms with E-state index >= 15 is 4.39 Å². The first-order valence-electron chi connectivity index (χ1n) is 13.6. The number of benzene rings is 2. The lowest BCUT2D eigenvalue weighted by Gasteiger charge is -2.35. The summed E-state index contributed by atoms with van der Waals surface area (Å²) in [4.78, 5) is 27.4. The predicted molar refractivity (Wildman–Crippen MR) is 146 cm³/mol. The first-order chi connectivity index (χ1) is 20.5. The third kappa shape index (κ3) is 7.68. The SMILES string of the molecule is COCC(COC)N(C(=O)C1CCCCC1)c1cc(F)c(Oc2ccc(Cn3ccnn3)cc2C(F)(F)F)cc1C(=O)O. The molecule has 1 aliphatic carbocycles. The van der Waals surface area contributed by atoms with Crippen molar-refractivity contribution in [2.45, 2.75) is 50.9 Å². The zero-order valence-corrected chi connectivity index (χ0v) is 23.6. The predicted octanol–water partition coefficient (Wildman–Crippen LogP) is 5.55. The summed E-state index contributed by atoms with van der Waals surface area (Å²) < 4.78 is 74.9. The minimum absolute atomic E-state index is 0.00937. The zero-order valence-electron chi connectivity index (χ0n) is 23.6. The Morgan fingerprint density at radius 2 is 1.77 bits per heavy atom. The van der Waals surface area contributed by atoms with Crippen LogP contribution in [0, 0.1) is 11.7 Å². The molecule has 4 rings (SSSR count). The number of carboxylic acids is 1. The summed E-state index contributed by atoms with van der Waals surface area (Å²) in [5.41, 5.74) is -1.77. The van der Waals surface area contributed by atoms with Crippen LogP contribution >= 0.6 is 0 Å². The lowest BCUT2D eigenvalue weighted by atomic mass is 9.87. The first-order valence-corrected chi connectivity index (χ1v) is 13.6. The van der Waals surface area contributed by atoms with Crippen molar-refractivity contribution in [3.63, 3.8) is 0 Å². The number of carbonyl (C=O) groups is 2. The topological polar surface area (TPSA) is 116 Å². The van der Waals surface area contributed by atoms with Crippen molar-refractivity contribution in [1.29, 1.82) is 0 Å². The van der Waals surface area contributed by atoms with E-state index < -0.39 is 58.5 Å². The van der Waals surface area contributed by atoms with Crippen molar-refractivity contribution < 1.29 is 46.5 Å². The molecule has 1 fully saturated rings. The number of anilines is 1. The van der Waals surface area contributed by atoms with Gasteiger partial charge in [0.15, 0.2) is 11.6 Å². The van der Waals surface area contributed by atoms with Crippen molar-refractivity contribution in [2.24, 2.45) is 5.92 Å². The summed E-state index contributed by atoms with van der Waals surface area (Å²) in [6.07, 6.45) is 1.75. The quantitative estimate of drug-likeness (QED) is 0.266. The molecule has 232 valence electrons. The van der Waals surface area contributed by atoms with Gasteiger partial charge >= 0.3 is 12.1 Å². The number of methoxy groups -OCH3 is 2. The maximum absolute atomic E-state index is 15.6. The minimum atomic E-state index is -4.88. The number of hydrogen-bond acceptors (Lipinski definition) is 7. The number of rotatable bonds is 12. The zero-order chi connectivity index (χ0) is 31.1. The molecule has 43 heavy (non-hydrogen) atoms. The molecule has 1 amide bonds. The van der Waals surface area contributed by atoms with Crippen molar-refractivity contribution >= 4 is 17.6 Å². The highest BCUT2D eigenvalue weighted by molar-refractivity contribution is 6.03. The third-order valence-corrected chi connectivity index (χ3v) is 7.20. The van der Waals surface area contributed by atoms with Crippen LogP contribution in [0.15, 0.2) is 42.7 Å². The van der Waals surface area contributed by atoms with E-state index in [2.05, 4.69) is 10.3 Å². The number of alkyl halides is 3. The van der Waals surface area contributed by atoms with Crippen LogP contribution in [0.25, 0.3) is 0 Å². The molecule has 0 radical (unpaired) electrons. The van der Waals surface area contributed by atoms with Gasteiger partial charge in [0.05, 0.1) is 48.8 Å². The fourth-order valence-electron chi connectivity index (χ4n) is 5.22. The highest BCUT2D eigenvalue weighted by Crippen LogP contribution is 2.41. The molecule has 1 aliphatic rings. The highest BCUT2D eigenvalue weighted by Gasteiger charge is 2.37. The molecule has 3 aromatic rings. The number of aromatic nitrogens is 3. The van der Waals surface area contributed by atoms with Gasteiger partial charge in [-0.3, -0.25) is 4.79 Å². The molecule has 1 aromatic heterocycles. The summed E-state index contributed by atoms with van der Waals surface area (Å²) in [5, 5.41) is 17.5. The molecule has 0 atom stereocenters. The smallest absolute Gasteiger partial charge is 0.419 e. The highest BCUT2D eigenvalue weighted by atomic mass is 19.4. The summed E-state index contributed by atoms with van der Waals surface area (Å²) >= 11 is 0. The Morgan fingerprint density at radius 3 is 2.35 bits per heavy atom. The van der Waals surface area contributed by atoms with Gasteiger partial charge < -0.3 is 24.2 Å². The molecule has 0 unspecified atom stereocenters. The second-order valence-corrected chi connectivity index (χ2v) is 10.2. The monoisotopic (exact) mass is 608 g/mol. The maximum Gasteiger partial charge on any atom is 0.419 e. The summed E-state index contributed by atoms with van der Waals surface area (Å²) in [5.74, 6) is -5.00. The van der Waals surface area contributed by atoms with E-state index in [0.717, 1.165) is 43.5 Å². The number of hydrogen-bond donors (Lipinski definition) is 1. The molecule has 0 spiro atoms. The van der Waals surface area contributed by atoms with Crippen molar-refractivity contribution in [3.05, 3.63) is 65.2 Å². The van der Waals surface area contributed by atoms with Crippen molar-refractivity contribution in [2.75, 3.05) is 32.3 Å². The fraction of sp³-hybridized carbons (Fsp3) is 0.448. The van der Waals surface area contributed by atoms with Crippen LogP contribution in [-0.4, -0.2) is 65.5 Å². The largest absolute Gasteiger partial charge is 0.478 e. The lowest BCUT2D eigenvalue weighted by Crippen LogP contribution is -2.49. The van der Waals surface area contributed by atoms with Gasteiger partial charge in [-0.05, 0) is 30.5 Å². The average Bonchev–Trinajstić information content (AvgIpc) is 3.48. The van der Waals surface area contributed by atoms with Gasteiger partial charge in [-0.1, -0.05) is 30.5 Å². The van der Waals surface area contributed by atoms with Crippen LogP contribution < -0.4 is 9.64 Å². The molecule has 1 heterocycles. The van der Waals surface area contributed by atoms with Crippen LogP contribution in [0.1, 0.15) is 53.6 Å². The minimum Gasteiger partial charge on any atom is -0.478 e. The summed E-state index contributed by atoms with van der Waals surface area (Å²) in [6, 6.07) is 3.99. The van der Waals surface area contributed by atoms with Crippen LogP contribution in [0.4, 0.5) is 23.2 Å². The van der Waals surface area contributed by atoms with Crippen molar-refractivity contribution in [1.82, 2.24) is 15.0 Å². The number of aromatic carboxylic acids is 1. The van der Waals surface area contributed by atoms with Gasteiger partial charge in [0.25, 0.3) is 0 Å². The Hall–Kier alpha value is -4.04. The second kappa shape index (κ2) is 14.0. The van der Waals surface area contributed by atoms with Crippen LogP contribution in [0.2, 0.25) is 0 Å². The molecule has 14 heteroatoms. The van der Waals surface area contributed by atoms with Gasteiger partial charge in [-0.2, -0.15) is 13.2 Å². The van der Waals surface area contributed by atoms with E-state index in [1.807, 2.05) is 0 Å². The Morgan fingerprint density at radius 1 is 1.07 bits per heavy atom. The Labute approximate surface area is 245 Å². The fourth-order valence-corrected chi connectivity index (χ4v) is 5.22. The maximum atomic E-state index is 15.6. The molecular weight excluding hydrogens is 576 g/mol. The summed E-state index contributed by atoms with van der Waals surface area (Å²) in [7, 11) is 2.80. The summed E-state index contributed by atoms with van der Waals surface area (Å²) in [6.45, 7) is -0.0905. The normalized spacial score (nSPS) is 14.2. The number of nitrogens with zero attached hydrogens (tertiary/aromatic N) is 4. The van der Waals surface area contributed by atoms with Gasteiger partial charge in [0.2, 0.25) is 5.91 Å². The van der Waals surface area contributed by atoms with Crippen LogP contribution in [-0.2, 0) is 27.0 Å². The van der Waals surface area contributed by atoms with E-state index in [-0.39, 0.29) is 31.0 Å². The van der Waals surface area contributed by atoms with E-state index in [0.29, 0.717) is 12.8 Å². The standard InChI is InChI=1S/C29H32F4N4O6/c1-41-16-20(17-42-2)37(27(38)19-6-4-3-5-7-19)24-14-23(30)26(13-21(24)28(39)40)43-25-9-8-18(12-22(25)29(31,32)33)15-36-11-10-34-35-36/h8-14,19-20H,3-7,15-17H2,1-2H3,(H,39,40). The number of ether oxygens (including phenoxy) is 3. The Bertz CT molecular complexity index is 1400. The van der Waals surface area contributed by atoms with E-state index in [9.17, 15) is 27.9 Å². The van der Waals surface area contributed by atoms with Crippen LogP contribution in [0.3, 0.4) is 0 Å². The van der Waals surface area contributed by atoms with Gasteiger partial charge in [-0.15, -0.1) is 5.10 Å². The molecule has 10 nitrogen and oxygen atoms in total. The number of halogens is 4. The third-order valence-electron chi connectivity index (χ3n) is 7.20. The van der Waals surface area contributed by atoms with Gasteiger partial charge in [0.1, 0.15) is 5.75 Å². The molecule has 1 N–H and O–H groups in total. The van der Waals surface area contributed by atoms with E-state index in [1.165, 1.54) is 42.3 Å². The second-order valence-electron chi connectivity index (χ2n) is 10.2. The Kier molecular flexibility index (Phi) is 10.3. The molecule has 2 aromatic carbocycles. The number of carbonyl (C=O) groups excluding carboxylic acids is 1. The molecule has 0 bridgehead atoms. The molecule has 0 saturated heterocycles. The van der Waals surface area contributed by atoms with Crippen molar-refractivity contribution in [3.8, 4) is 11.5 Å². The number of carboxylic acid groups (broad SMARTS) is 1. The lowest BCUT2D eigenvalue weighted by molar-refractivity contribution is -0.138. The molecular formula is C29H32F4N4O6. The van der Waals surface area contributed by atoms with E-state index in [1.54, 1.807) is 0 Å². The van der Waals surface area contributed by atoms with E-state index in [4.69, 9.17) is 14.2 Å². The van der Waals surface area contributed by atoms with Crippen LogP contribution in [0.5, 0.6) is 11.5 Å². The first kappa shape index (κ1) is 31.9. The number of amides is 1. The Balaban J connectivity index is 1.76. The van der Waals surface area contributed by atoms with Gasteiger partial charge in [-0.25, -0.2) is 13.9 Å². The molecule has 0 aliphatic heterocycles. The van der Waals surface area contributed by atoms with Gasteiger partial charge in [0, 0.05) is 38.5 Å².